The lowest BCUT2D eigenvalue weighted by Gasteiger charge is -2.06. The Morgan fingerprint density at radius 3 is 2.89 bits per heavy atom. The van der Waals surface area contributed by atoms with Gasteiger partial charge in [-0.3, -0.25) is 4.79 Å². The first kappa shape index (κ1) is 12.9. The van der Waals surface area contributed by atoms with Gasteiger partial charge in [-0.1, -0.05) is 6.08 Å². The summed E-state index contributed by atoms with van der Waals surface area (Å²) < 4.78 is 0. The molecule has 1 aliphatic rings. The van der Waals surface area contributed by atoms with E-state index in [-0.39, 0.29) is 5.91 Å². The normalized spacial score (nSPS) is 13.2. The van der Waals surface area contributed by atoms with E-state index in [0.29, 0.717) is 16.3 Å². The number of allylic oxidation sites excluding steroid dienone is 3. The number of amides is 3. The number of carbonyl (C=O) groups is 2. The first-order chi connectivity index (χ1) is 9.16. The second-order valence-electron chi connectivity index (χ2n) is 3.59. The van der Waals surface area contributed by atoms with Crippen molar-refractivity contribution in [2.75, 3.05) is 5.32 Å². The fraction of sp³-hybridized carbons (Fsp3) is 0. The summed E-state index contributed by atoms with van der Waals surface area (Å²) in [5.41, 5.74) is 6.06. The summed E-state index contributed by atoms with van der Waals surface area (Å²) >= 11 is 1.22. The average Bonchev–Trinajstić information content (AvgIpc) is 2.65. The Morgan fingerprint density at radius 2 is 2.11 bits per heavy atom. The monoisotopic (exact) mass is 276 g/mol. The fourth-order valence-corrected chi connectivity index (χ4v) is 2.18. The lowest BCUT2D eigenvalue weighted by molar-refractivity contribution is 0.0972. The molecule has 0 atom stereocenters. The van der Waals surface area contributed by atoms with Gasteiger partial charge in [0.05, 0.1) is 11.4 Å². The maximum absolute atomic E-state index is 12.1. The number of rotatable bonds is 3. The van der Waals surface area contributed by atoms with E-state index >= 15 is 0 Å². The zero-order valence-electron chi connectivity index (χ0n) is 9.84. The molecule has 0 spiro atoms. The van der Waals surface area contributed by atoms with Gasteiger partial charge in [0, 0.05) is 12.4 Å². The van der Waals surface area contributed by atoms with Crippen LogP contribution in [0.3, 0.4) is 0 Å². The Bertz CT molecular complexity index is 586. The van der Waals surface area contributed by atoms with Gasteiger partial charge in [0.2, 0.25) is 0 Å². The molecule has 5 N–H and O–H groups in total. The second-order valence-corrected chi connectivity index (χ2v) is 4.51. The molecule has 2 rings (SSSR count). The Kier molecular flexibility index (Phi) is 3.99. The number of nitrogens with two attached hydrogens (primary N) is 1. The van der Waals surface area contributed by atoms with Crippen molar-refractivity contribution in [2.45, 2.75) is 0 Å². The molecule has 1 aromatic heterocycles. The van der Waals surface area contributed by atoms with Crippen molar-refractivity contribution in [3.05, 3.63) is 52.6 Å². The van der Waals surface area contributed by atoms with Gasteiger partial charge in [0.15, 0.2) is 0 Å². The van der Waals surface area contributed by atoms with Gasteiger partial charge in [0.1, 0.15) is 4.88 Å². The third-order valence-corrected chi connectivity index (χ3v) is 3.12. The molecule has 0 saturated carbocycles. The van der Waals surface area contributed by atoms with Crippen LogP contribution < -0.4 is 21.7 Å². The molecule has 0 aromatic carbocycles. The summed E-state index contributed by atoms with van der Waals surface area (Å²) in [5.74, 6) is -0.307. The maximum atomic E-state index is 12.1. The summed E-state index contributed by atoms with van der Waals surface area (Å²) in [5, 5.41) is 9.73. The molecule has 0 bridgehead atoms. The molecule has 1 aliphatic heterocycles. The van der Waals surface area contributed by atoms with Gasteiger partial charge in [-0.2, -0.15) is 0 Å². The third-order valence-electron chi connectivity index (χ3n) is 2.21. The number of thiophene rings is 1. The summed E-state index contributed by atoms with van der Waals surface area (Å²) in [7, 11) is 0. The van der Waals surface area contributed by atoms with E-state index in [1.807, 2.05) is 0 Å². The quantitative estimate of drug-likeness (QED) is 0.673. The molecule has 0 fully saturated rings. The highest BCUT2D eigenvalue weighted by Gasteiger charge is 2.14. The first-order valence-electron chi connectivity index (χ1n) is 5.41. The predicted molar refractivity (Wildman–Crippen MR) is 74.5 cm³/mol. The van der Waals surface area contributed by atoms with Gasteiger partial charge in [-0.15, -0.1) is 11.3 Å². The number of urea groups is 1. The van der Waals surface area contributed by atoms with Crippen LogP contribution in [0, 0.1) is 0 Å². The molecular weight excluding hydrogens is 264 g/mol. The van der Waals surface area contributed by atoms with Crippen molar-refractivity contribution >= 4 is 29.0 Å². The van der Waals surface area contributed by atoms with Crippen molar-refractivity contribution in [3.63, 3.8) is 0 Å². The summed E-state index contributed by atoms with van der Waals surface area (Å²) in [6.45, 7) is 0. The number of anilines is 1. The molecule has 98 valence electrons. The van der Waals surface area contributed by atoms with Gasteiger partial charge in [-0.05, 0) is 23.6 Å². The Hall–Kier alpha value is -2.54. The lowest BCUT2D eigenvalue weighted by Crippen LogP contribution is -2.25. The smallest absolute Gasteiger partial charge is 0.316 e. The molecule has 0 aliphatic carbocycles. The maximum Gasteiger partial charge on any atom is 0.316 e. The van der Waals surface area contributed by atoms with Crippen molar-refractivity contribution in [2.24, 2.45) is 5.73 Å². The molecule has 19 heavy (non-hydrogen) atoms. The summed E-state index contributed by atoms with van der Waals surface area (Å²) in [6.07, 6.45) is 8.75. The van der Waals surface area contributed by atoms with Crippen molar-refractivity contribution < 1.29 is 9.59 Å². The van der Waals surface area contributed by atoms with E-state index in [2.05, 4.69) is 16.0 Å². The largest absolute Gasteiger partial charge is 0.366 e. The van der Waals surface area contributed by atoms with E-state index in [1.165, 1.54) is 11.3 Å². The molecule has 0 saturated heterocycles. The topological polar surface area (TPSA) is 96.2 Å². The minimum atomic E-state index is -0.702. The number of hydrogen-bond donors (Lipinski definition) is 4. The van der Waals surface area contributed by atoms with Gasteiger partial charge < -0.3 is 21.7 Å². The molecule has 1 aromatic rings. The van der Waals surface area contributed by atoms with Crippen molar-refractivity contribution in [1.82, 2.24) is 10.6 Å². The van der Waals surface area contributed by atoms with Gasteiger partial charge in [0.25, 0.3) is 5.91 Å². The second kappa shape index (κ2) is 5.87. The highest BCUT2D eigenvalue weighted by atomic mass is 32.1. The zero-order chi connectivity index (χ0) is 13.7. The van der Waals surface area contributed by atoms with Crippen LogP contribution in [0.15, 0.2) is 47.8 Å². The Balaban J connectivity index is 2.10. The minimum absolute atomic E-state index is 0.307. The molecule has 6 nitrogen and oxygen atoms in total. The molecule has 2 heterocycles. The van der Waals surface area contributed by atoms with E-state index in [0.717, 1.165) is 0 Å². The van der Waals surface area contributed by atoms with Crippen LogP contribution in [0.2, 0.25) is 0 Å². The van der Waals surface area contributed by atoms with E-state index in [1.54, 1.807) is 42.1 Å². The van der Waals surface area contributed by atoms with E-state index < -0.39 is 6.03 Å². The molecule has 3 amide bonds. The fourth-order valence-electron chi connectivity index (χ4n) is 1.44. The van der Waals surface area contributed by atoms with Crippen LogP contribution in [0.25, 0.3) is 0 Å². The number of hydrogen-bond acceptors (Lipinski definition) is 4. The SMILES string of the molecule is NC(=O)Nc1ccsc1C(=O)NC1=CNC=CC=C1. The Labute approximate surface area is 113 Å². The Morgan fingerprint density at radius 1 is 1.26 bits per heavy atom. The number of primary amides is 1. The van der Waals surface area contributed by atoms with Crippen LogP contribution >= 0.6 is 11.3 Å². The predicted octanol–water partition coefficient (Wildman–Crippen LogP) is 1.48. The molecule has 7 heteroatoms. The van der Waals surface area contributed by atoms with Gasteiger partial charge >= 0.3 is 6.03 Å². The third kappa shape index (κ3) is 3.46. The van der Waals surface area contributed by atoms with Crippen LogP contribution in [0.1, 0.15) is 9.67 Å². The highest BCUT2D eigenvalue weighted by Crippen LogP contribution is 2.22. The first-order valence-corrected chi connectivity index (χ1v) is 6.29. The van der Waals surface area contributed by atoms with Crippen LogP contribution in [-0.4, -0.2) is 11.9 Å². The van der Waals surface area contributed by atoms with Crippen molar-refractivity contribution in [3.8, 4) is 0 Å². The lowest BCUT2D eigenvalue weighted by atomic mass is 10.3. The van der Waals surface area contributed by atoms with E-state index in [4.69, 9.17) is 5.73 Å². The average molecular weight is 276 g/mol. The number of carbonyl (C=O) groups excluding carboxylic acids is 2. The van der Waals surface area contributed by atoms with Crippen LogP contribution in [0.4, 0.5) is 10.5 Å². The number of nitrogens with one attached hydrogen (secondary N) is 3. The molecule has 0 radical (unpaired) electrons. The van der Waals surface area contributed by atoms with Crippen LogP contribution in [-0.2, 0) is 0 Å². The van der Waals surface area contributed by atoms with E-state index in [9.17, 15) is 9.59 Å². The highest BCUT2D eigenvalue weighted by molar-refractivity contribution is 7.12. The standard InChI is InChI=1S/C12H12N4O2S/c13-12(18)16-9-4-6-19-10(9)11(17)15-8-3-1-2-5-14-7-8/h1-7,14H,(H,15,17)(H3,13,16,18). The molecule has 0 unspecified atom stereocenters. The summed E-state index contributed by atoms with van der Waals surface area (Å²) in [6, 6.07) is 0.924. The van der Waals surface area contributed by atoms with Gasteiger partial charge in [-0.25, -0.2) is 4.79 Å². The minimum Gasteiger partial charge on any atom is -0.366 e. The van der Waals surface area contributed by atoms with Crippen LogP contribution in [0.5, 0.6) is 0 Å². The molecular formula is C12H12N4O2S. The summed E-state index contributed by atoms with van der Waals surface area (Å²) in [4.78, 5) is 23.3. The van der Waals surface area contributed by atoms with Crippen molar-refractivity contribution in [1.29, 1.82) is 0 Å². The zero-order valence-corrected chi connectivity index (χ0v) is 10.7.